The van der Waals surface area contributed by atoms with Gasteiger partial charge in [0.05, 0.1) is 35.0 Å². The van der Waals surface area contributed by atoms with Crippen LogP contribution >= 0.6 is 0 Å². The molecule has 1 N–H and O–H groups in total. The van der Waals surface area contributed by atoms with Crippen molar-refractivity contribution in [2.45, 2.75) is 31.7 Å². The van der Waals surface area contributed by atoms with Crippen LogP contribution in [0.5, 0.6) is 5.75 Å². The molecule has 5 rings (SSSR count). The molecule has 200 valence electrons. The molecule has 38 heavy (non-hydrogen) atoms. The van der Waals surface area contributed by atoms with E-state index in [0.717, 1.165) is 12.1 Å². The Balaban J connectivity index is 1.62. The summed E-state index contributed by atoms with van der Waals surface area (Å²) in [5, 5.41) is 4.91. The summed E-state index contributed by atoms with van der Waals surface area (Å²) in [4.78, 5) is 27.4. The first-order valence-corrected chi connectivity index (χ1v) is 14.0. The topological polar surface area (TPSA) is 126 Å². The van der Waals surface area contributed by atoms with E-state index in [-0.39, 0.29) is 16.3 Å². The highest BCUT2D eigenvalue weighted by molar-refractivity contribution is 7.89. The fourth-order valence-corrected chi connectivity index (χ4v) is 5.95. The third-order valence-electron chi connectivity index (χ3n) is 6.58. The summed E-state index contributed by atoms with van der Waals surface area (Å²) in [5.74, 6) is 0.658. The molecule has 4 aromatic rings. The van der Waals surface area contributed by atoms with Crippen molar-refractivity contribution in [1.82, 2.24) is 33.9 Å². The number of pyridine rings is 1. The van der Waals surface area contributed by atoms with Gasteiger partial charge < -0.3 is 14.6 Å². The molecule has 0 unspecified atom stereocenters. The molecule has 1 fully saturated rings. The molecule has 1 aliphatic rings. The van der Waals surface area contributed by atoms with Crippen LogP contribution in [0.2, 0.25) is 0 Å². The number of hydrogen-bond acceptors (Lipinski definition) is 8. The molecule has 0 radical (unpaired) electrons. The van der Waals surface area contributed by atoms with Crippen molar-refractivity contribution in [2.24, 2.45) is 0 Å². The van der Waals surface area contributed by atoms with Gasteiger partial charge in [0.15, 0.2) is 5.65 Å². The van der Waals surface area contributed by atoms with Crippen LogP contribution in [0.4, 0.5) is 0 Å². The minimum Gasteiger partial charge on any atom is -0.493 e. The van der Waals surface area contributed by atoms with Gasteiger partial charge in [-0.1, -0.05) is 13.0 Å². The van der Waals surface area contributed by atoms with Gasteiger partial charge in [-0.3, -0.25) is 9.78 Å². The van der Waals surface area contributed by atoms with Crippen LogP contribution < -0.4 is 10.3 Å². The first-order chi connectivity index (χ1) is 18.3. The average molecular weight is 538 g/mol. The number of sulfonamides is 1. The lowest BCUT2D eigenvalue weighted by molar-refractivity contribution is 0.222. The third kappa shape index (κ3) is 5.06. The molecule has 1 aromatic carbocycles. The van der Waals surface area contributed by atoms with Gasteiger partial charge in [0.2, 0.25) is 10.0 Å². The lowest BCUT2D eigenvalue weighted by Gasteiger charge is -2.31. The van der Waals surface area contributed by atoms with E-state index in [2.05, 4.69) is 20.0 Å². The van der Waals surface area contributed by atoms with E-state index in [4.69, 9.17) is 9.72 Å². The fraction of sp³-hybridized carbons (Fsp3) is 0.385. The van der Waals surface area contributed by atoms with Crippen LogP contribution in [0.15, 0.2) is 52.3 Å². The second-order valence-corrected chi connectivity index (χ2v) is 11.3. The van der Waals surface area contributed by atoms with E-state index in [1.807, 2.05) is 32.2 Å². The van der Waals surface area contributed by atoms with Crippen molar-refractivity contribution in [3.05, 3.63) is 64.3 Å². The molecule has 0 spiro atoms. The predicted octanol–water partition coefficient (Wildman–Crippen LogP) is 2.26. The monoisotopic (exact) mass is 537 g/mol. The predicted molar refractivity (Wildman–Crippen MR) is 144 cm³/mol. The van der Waals surface area contributed by atoms with Crippen LogP contribution in [0.1, 0.15) is 24.7 Å². The molecule has 4 heterocycles. The number of benzene rings is 1. The molecule has 1 saturated heterocycles. The number of hydrogen-bond donors (Lipinski definition) is 1. The number of piperazine rings is 1. The maximum Gasteiger partial charge on any atom is 0.262 e. The van der Waals surface area contributed by atoms with Crippen LogP contribution in [0.25, 0.3) is 22.4 Å². The molecular weight excluding hydrogens is 506 g/mol. The summed E-state index contributed by atoms with van der Waals surface area (Å²) < 4.78 is 36.1. The Morgan fingerprint density at radius 1 is 1.11 bits per heavy atom. The van der Waals surface area contributed by atoms with Gasteiger partial charge in [0, 0.05) is 32.4 Å². The Labute approximate surface area is 221 Å². The number of aryl methyl sites for hydroxylation is 1. The summed E-state index contributed by atoms with van der Waals surface area (Å²) in [6.45, 7) is 6.65. The summed E-state index contributed by atoms with van der Waals surface area (Å²) in [6.07, 6.45) is 2.46. The molecule has 0 bridgehead atoms. The first kappa shape index (κ1) is 26.0. The Bertz CT molecular complexity index is 1610. The zero-order chi connectivity index (χ0) is 26.9. The lowest BCUT2D eigenvalue weighted by Crippen LogP contribution is -2.47. The zero-order valence-electron chi connectivity index (χ0n) is 21.7. The Morgan fingerprint density at radius 2 is 1.89 bits per heavy atom. The van der Waals surface area contributed by atoms with Crippen LogP contribution in [0, 0.1) is 6.92 Å². The number of nitrogens with zero attached hydrogens (tertiary/aromatic N) is 6. The number of fused-ring (bicyclic) bond motifs is 1. The van der Waals surface area contributed by atoms with Gasteiger partial charge in [-0.25, -0.2) is 18.1 Å². The highest BCUT2D eigenvalue weighted by Crippen LogP contribution is 2.32. The van der Waals surface area contributed by atoms with Crippen molar-refractivity contribution in [1.29, 1.82) is 0 Å². The highest BCUT2D eigenvalue weighted by atomic mass is 32.2. The normalized spacial score (nSPS) is 15.2. The van der Waals surface area contributed by atoms with E-state index in [0.29, 0.717) is 67.4 Å². The summed E-state index contributed by atoms with van der Waals surface area (Å²) in [7, 11) is -1.77. The number of nitrogens with one attached hydrogen (secondary N) is 1. The first-order valence-electron chi connectivity index (χ1n) is 12.6. The number of aromatic nitrogens is 5. The molecule has 0 aliphatic carbocycles. The van der Waals surface area contributed by atoms with Crippen LogP contribution in [-0.4, -0.2) is 82.2 Å². The zero-order valence-corrected chi connectivity index (χ0v) is 22.5. The van der Waals surface area contributed by atoms with E-state index < -0.39 is 10.0 Å². The van der Waals surface area contributed by atoms with Gasteiger partial charge in [0.25, 0.3) is 5.56 Å². The second-order valence-electron chi connectivity index (χ2n) is 9.39. The number of aromatic amines is 1. The van der Waals surface area contributed by atoms with Crippen molar-refractivity contribution in [3.8, 4) is 17.1 Å². The number of likely N-dealkylation sites (N-methyl/N-ethyl adjacent to an activating group) is 1. The molecule has 1 aliphatic heterocycles. The third-order valence-corrected chi connectivity index (χ3v) is 8.48. The summed E-state index contributed by atoms with van der Waals surface area (Å²) in [6, 6.07) is 10.3. The maximum atomic E-state index is 13.5. The molecule has 0 amide bonds. The Kier molecular flexibility index (Phi) is 7.28. The molecule has 0 atom stereocenters. The largest absolute Gasteiger partial charge is 0.493 e. The summed E-state index contributed by atoms with van der Waals surface area (Å²) in [5.41, 5.74) is 1.75. The number of H-pyrrole nitrogens is 1. The van der Waals surface area contributed by atoms with Gasteiger partial charge in [-0.05, 0) is 50.7 Å². The molecule has 0 saturated carbocycles. The van der Waals surface area contributed by atoms with E-state index in [1.165, 1.54) is 10.4 Å². The molecule has 11 nitrogen and oxygen atoms in total. The van der Waals surface area contributed by atoms with E-state index >= 15 is 0 Å². The number of ether oxygens (including phenoxy) is 1. The summed E-state index contributed by atoms with van der Waals surface area (Å²) >= 11 is 0. The second kappa shape index (κ2) is 10.6. The van der Waals surface area contributed by atoms with Gasteiger partial charge in [-0.15, -0.1) is 0 Å². The highest BCUT2D eigenvalue weighted by Gasteiger charge is 2.29. The molecule has 12 heteroatoms. The van der Waals surface area contributed by atoms with Crippen molar-refractivity contribution in [2.75, 3.05) is 39.8 Å². The molecular formula is C26H31N7O4S. The average Bonchev–Trinajstić information content (AvgIpc) is 3.23. The van der Waals surface area contributed by atoms with Crippen LogP contribution in [-0.2, 0) is 16.6 Å². The van der Waals surface area contributed by atoms with Crippen molar-refractivity contribution < 1.29 is 13.2 Å². The van der Waals surface area contributed by atoms with E-state index in [9.17, 15) is 13.2 Å². The van der Waals surface area contributed by atoms with Gasteiger partial charge >= 0.3 is 0 Å². The van der Waals surface area contributed by atoms with Crippen molar-refractivity contribution in [3.63, 3.8) is 0 Å². The van der Waals surface area contributed by atoms with Crippen LogP contribution in [0.3, 0.4) is 0 Å². The fourth-order valence-electron chi connectivity index (χ4n) is 4.51. The Hall–Kier alpha value is -3.61. The number of rotatable bonds is 8. The standard InChI is InChI=1S/C26H31N7O4S/c1-4-15-37-22-9-8-20(38(35,36)32-13-11-31(3)12-14-32)16-21(22)24-28-25-23(26(34)29-24)18(2)30-33(25)17-19-7-5-6-10-27-19/h5-10,16H,4,11-15,17H2,1-3H3,(H,28,29,34). The minimum absolute atomic E-state index is 0.127. The van der Waals surface area contributed by atoms with Gasteiger partial charge in [0.1, 0.15) is 17.0 Å². The van der Waals surface area contributed by atoms with Crippen molar-refractivity contribution >= 4 is 21.1 Å². The lowest BCUT2D eigenvalue weighted by atomic mass is 10.2. The smallest absolute Gasteiger partial charge is 0.262 e. The van der Waals surface area contributed by atoms with Gasteiger partial charge in [-0.2, -0.15) is 9.40 Å². The quantitative estimate of drug-likeness (QED) is 0.363. The maximum absolute atomic E-state index is 13.5. The molecule has 3 aromatic heterocycles. The SMILES string of the molecule is CCCOc1ccc(S(=O)(=O)N2CCN(C)CC2)cc1-c1nc2c(c(C)nn2Cc2ccccn2)c(=O)[nH]1. The minimum atomic E-state index is -3.75. The van der Waals surface area contributed by atoms with E-state index in [1.54, 1.807) is 29.9 Å². The Morgan fingerprint density at radius 3 is 2.61 bits per heavy atom.